The van der Waals surface area contributed by atoms with Crippen LogP contribution in [0.25, 0.3) is 11.1 Å². The van der Waals surface area contributed by atoms with Crippen molar-refractivity contribution >= 4 is 82.2 Å². The summed E-state index contributed by atoms with van der Waals surface area (Å²) >= 11 is 0. The van der Waals surface area contributed by atoms with Gasteiger partial charge in [-0.3, -0.25) is 43.7 Å². The molecule has 5 aromatic rings. The molecule has 2 atom stereocenters. The number of aromatic hydroxyl groups is 1. The molecule has 4 N–H and O–H groups in total. The molecule has 22 nitrogen and oxygen atoms in total. The monoisotopic (exact) mass is 1200 g/mol. The third-order valence-electron chi connectivity index (χ3n) is 15.5. The van der Waals surface area contributed by atoms with Gasteiger partial charge in [0.15, 0.2) is 23.0 Å². The van der Waals surface area contributed by atoms with Gasteiger partial charge in [-0.05, 0) is 102 Å². The van der Waals surface area contributed by atoms with Crippen molar-refractivity contribution in [2.75, 3.05) is 52.9 Å². The predicted molar refractivity (Wildman–Crippen MR) is 327 cm³/mol. The summed E-state index contributed by atoms with van der Waals surface area (Å²) in [6.07, 6.45) is 14.5. The quantitative estimate of drug-likeness (QED) is 0.0217. The summed E-state index contributed by atoms with van der Waals surface area (Å²) in [7, 11) is 4.70. The molecule has 22 heteroatoms. The number of phenolic OH excluding ortho intramolecular Hbond substituents is 1. The van der Waals surface area contributed by atoms with Gasteiger partial charge in [0.1, 0.15) is 18.1 Å². The van der Waals surface area contributed by atoms with Crippen molar-refractivity contribution in [1.82, 2.24) is 25.3 Å². The number of amides is 7. The molecule has 5 aliphatic heterocycles. The number of nitrogens with zero attached hydrogens (tertiary/aromatic N) is 5. The zero-order valence-electron chi connectivity index (χ0n) is 49.1. The van der Waals surface area contributed by atoms with Crippen LogP contribution in [0.4, 0.5) is 21.9 Å². The Labute approximate surface area is 508 Å². The first-order chi connectivity index (χ1) is 42.7. The van der Waals surface area contributed by atoms with Crippen LogP contribution < -0.4 is 39.6 Å². The minimum Gasteiger partial charge on any atom is -0.506 e. The number of carbonyl (C=O) groups is 7. The lowest BCUT2D eigenvalue weighted by Crippen LogP contribution is -2.32. The first-order valence-electron chi connectivity index (χ1n) is 29.2. The molecule has 0 saturated heterocycles. The van der Waals surface area contributed by atoms with E-state index < -0.39 is 12.0 Å². The molecule has 0 radical (unpaired) electrons. The van der Waals surface area contributed by atoms with Gasteiger partial charge in [-0.2, -0.15) is 0 Å². The molecule has 10 rings (SSSR count). The topological polar surface area (TPSA) is 266 Å². The number of fused-ring (bicyclic) bond motifs is 4. The van der Waals surface area contributed by atoms with Gasteiger partial charge in [-0.25, -0.2) is 4.79 Å². The van der Waals surface area contributed by atoms with Crippen LogP contribution in [-0.2, 0) is 37.1 Å². The Morgan fingerprint density at radius 1 is 0.591 bits per heavy atom. The van der Waals surface area contributed by atoms with Crippen LogP contribution in [0.15, 0.2) is 126 Å². The van der Waals surface area contributed by atoms with Gasteiger partial charge in [-0.1, -0.05) is 48.9 Å². The molecular formula is C66H68N8O14. The fourth-order valence-corrected chi connectivity index (χ4v) is 10.7. The van der Waals surface area contributed by atoms with Crippen molar-refractivity contribution in [2.45, 2.75) is 89.4 Å². The van der Waals surface area contributed by atoms with Gasteiger partial charge in [0, 0.05) is 94.4 Å². The van der Waals surface area contributed by atoms with E-state index in [9.17, 15) is 38.7 Å². The Balaban J connectivity index is 0.629. The van der Waals surface area contributed by atoms with Crippen molar-refractivity contribution in [2.24, 2.45) is 9.98 Å². The summed E-state index contributed by atoms with van der Waals surface area (Å²) in [5.41, 5.74) is 7.16. The van der Waals surface area contributed by atoms with E-state index in [-0.39, 0.29) is 85.6 Å². The van der Waals surface area contributed by atoms with E-state index in [1.165, 1.54) is 31.4 Å². The van der Waals surface area contributed by atoms with Gasteiger partial charge in [0.25, 0.3) is 23.6 Å². The normalized spacial score (nSPS) is 16.2. The summed E-state index contributed by atoms with van der Waals surface area (Å²) in [5, 5.41) is 18.4. The van der Waals surface area contributed by atoms with Gasteiger partial charge in [0.2, 0.25) is 11.8 Å². The van der Waals surface area contributed by atoms with Gasteiger partial charge in [-0.15, -0.1) is 0 Å². The highest BCUT2D eigenvalue weighted by Gasteiger charge is 2.35. The molecule has 0 aromatic heterocycles. The van der Waals surface area contributed by atoms with Crippen molar-refractivity contribution in [3.8, 4) is 34.5 Å². The molecule has 0 aliphatic carbocycles. The zero-order valence-corrected chi connectivity index (χ0v) is 49.1. The van der Waals surface area contributed by atoms with Gasteiger partial charge in [0.05, 0.1) is 74.8 Å². The molecule has 0 spiro atoms. The Kier molecular flexibility index (Phi) is 19.6. The number of benzene rings is 5. The lowest BCUT2D eigenvalue weighted by molar-refractivity contribution is -0.137. The van der Waals surface area contributed by atoms with Crippen molar-refractivity contribution in [1.29, 1.82) is 0 Å². The largest absolute Gasteiger partial charge is 0.506 e. The first-order valence-corrected chi connectivity index (χ1v) is 29.2. The fourth-order valence-electron chi connectivity index (χ4n) is 10.7. The number of rotatable bonds is 27. The van der Waals surface area contributed by atoms with Gasteiger partial charge < -0.3 is 59.3 Å². The van der Waals surface area contributed by atoms with Gasteiger partial charge >= 0.3 is 6.09 Å². The van der Waals surface area contributed by atoms with E-state index in [4.69, 9.17) is 38.4 Å². The number of methoxy groups -OCH3 is 3. The standard InChI is InChI=1S/C66H68N8O14/c1-83-49-18-16-44(17-19-49)46-30-48-37-69-53-34-59(57(85-3)32-51(53)65(81)74(48)39-46)87-27-9-5-8-26-86-58-33-52-50(31-56(58)84-2)64(80)73-38-45(29-47(73)36-68-52)43-14-11-41(12-15-43)35-70-66(82)88-40-42-13-20-55(75)54(28-42)71-61(77)23-24-67-60(76)10-6-4-7-25-72-62(78)21-22-63(72)79/h11-22,28,31-34,36-39,47-48,75H,4-10,23-27,29-30,35,40H2,1-3H3,(H,67,76)(H,70,82)(H,71,77)/t47?,48-/m0/s1. The number of nitrogens with one attached hydrogen (secondary N) is 3. The molecule has 0 bridgehead atoms. The van der Waals surface area contributed by atoms with E-state index in [0.29, 0.717) is 109 Å². The Morgan fingerprint density at radius 2 is 1.15 bits per heavy atom. The van der Waals surface area contributed by atoms with Crippen molar-refractivity contribution in [3.63, 3.8) is 0 Å². The maximum atomic E-state index is 14.1. The van der Waals surface area contributed by atoms with Crippen LogP contribution in [-0.4, -0.2) is 133 Å². The highest BCUT2D eigenvalue weighted by atomic mass is 16.5. The highest BCUT2D eigenvalue weighted by Crippen LogP contribution is 2.42. The maximum Gasteiger partial charge on any atom is 0.407 e. The lowest BCUT2D eigenvalue weighted by atomic mass is 10.0. The fraction of sp³-hybridized carbons (Fsp3) is 0.318. The highest BCUT2D eigenvalue weighted by molar-refractivity contribution is 6.13. The molecule has 5 heterocycles. The van der Waals surface area contributed by atoms with E-state index in [0.717, 1.165) is 51.3 Å². The smallest absolute Gasteiger partial charge is 0.407 e. The number of imide groups is 1. The molecule has 5 aliphatic rings. The number of alkyl carbamates (subject to hydrolysis) is 1. The molecule has 7 amide bonds. The maximum absolute atomic E-state index is 14.1. The van der Waals surface area contributed by atoms with Crippen LogP contribution in [0.1, 0.15) is 107 Å². The van der Waals surface area contributed by atoms with Crippen LogP contribution in [0.2, 0.25) is 0 Å². The number of unbranched alkanes of at least 4 members (excludes halogenated alkanes) is 4. The van der Waals surface area contributed by atoms with E-state index in [1.54, 1.807) is 60.6 Å². The lowest BCUT2D eigenvalue weighted by Gasteiger charge is -2.19. The Morgan fingerprint density at radius 3 is 1.72 bits per heavy atom. The second-order valence-electron chi connectivity index (χ2n) is 21.5. The van der Waals surface area contributed by atoms with E-state index in [2.05, 4.69) is 16.0 Å². The number of hydrogen-bond donors (Lipinski definition) is 4. The summed E-state index contributed by atoms with van der Waals surface area (Å²) in [6.45, 7) is 1.20. The molecule has 5 aromatic carbocycles. The van der Waals surface area contributed by atoms with Crippen LogP contribution in [0.5, 0.6) is 34.5 Å². The number of phenols is 1. The molecule has 0 fully saturated rings. The molecule has 0 saturated carbocycles. The molecule has 88 heavy (non-hydrogen) atoms. The molecule has 1 unspecified atom stereocenters. The van der Waals surface area contributed by atoms with E-state index in [1.807, 2.05) is 67.1 Å². The molecule has 456 valence electrons. The number of carbonyl (C=O) groups excluding carboxylic acids is 7. The third-order valence-corrected chi connectivity index (χ3v) is 15.5. The molecular weight excluding hydrogens is 1130 g/mol. The number of hydrogen-bond acceptors (Lipinski definition) is 16. The SMILES string of the molecule is COc1ccc(C2=CN3C(=O)c4cc(OC)c(OCCCCCOc5cc6c(cc5OC)C(=O)N5C=C(c7ccc(CNC(=O)OCc8ccc(O)c(NC(=O)CCNC(=O)CCCCCN9C(=O)C=CC9=O)c8)cc7)CC5C=N6)cc4N=C[C@@H]3C2)cc1. The second kappa shape index (κ2) is 28.3. The Hall–Kier alpha value is -10.3. The number of aliphatic imine (C=N–C) groups is 2. The Bertz CT molecular complexity index is 3630. The summed E-state index contributed by atoms with van der Waals surface area (Å²) in [4.78, 5) is 103. The number of anilines is 1. The average molecular weight is 1200 g/mol. The zero-order chi connectivity index (χ0) is 61.7. The van der Waals surface area contributed by atoms with E-state index >= 15 is 0 Å². The number of ether oxygens (including phenoxy) is 6. The minimum absolute atomic E-state index is 0.0487. The van der Waals surface area contributed by atoms with Crippen LogP contribution in [0.3, 0.4) is 0 Å². The predicted octanol–water partition coefficient (Wildman–Crippen LogP) is 9.35. The van der Waals surface area contributed by atoms with Crippen LogP contribution >= 0.6 is 0 Å². The summed E-state index contributed by atoms with van der Waals surface area (Å²) in [5.74, 6) is 0.687. The minimum atomic E-state index is -0.678. The summed E-state index contributed by atoms with van der Waals surface area (Å²) in [6, 6.07) is 26.2. The van der Waals surface area contributed by atoms with Crippen LogP contribution in [0, 0.1) is 0 Å². The van der Waals surface area contributed by atoms with Crippen molar-refractivity contribution < 1.29 is 67.1 Å². The summed E-state index contributed by atoms with van der Waals surface area (Å²) < 4.78 is 34.5. The second-order valence-corrected chi connectivity index (χ2v) is 21.5. The third kappa shape index (κ3) is 14.7. The first kappa shape index (κ1) is 60.9. The average Bonchev–Trinajstić information content (AvgIpc) is 3.39. The van der Waals surface area contributed by atoms with Crippen molar-refractivity contribution in [3.05, 3.63) is 149 Å².